The summed E-state index contributed by atoms with van der Waals surface area (Å²) in [5, 5.41) is 0.00540. The van der Waals surface area contributed by atoms with Crippen LogP contribution in [0, 0.1) is 19.3 Å². The van der Waals surface area contributed by atoms with E-state index in [1.807, 2.05) is 0 Å². The van der Waals surface area contributed by atoms with Crippen molar-refractivity contribution in [2.45, 2.75) is 44.7 Å². The van der Waals surface area contributed by atoms with E-state index in [1.54, 1.807) is 13.8 Å². The Bertz CT molecular complexity index is 798. The van der Waals surface area contributed by atoms with Crippen molar-refractivity contribution >= 4 is 22.8 Å². The van der Waals surface area contributed by atoms with Crippen LogP contribution in [0.5, 0.6) is 0 Å². The number of fused-ring (bicyclic) bond motifs is 1. The molecule has 4 nitrogen and oxygen atoms in total. The maximum absolute atomic E-state index is 13.0. The van der Waals surface area contributed by atoms with Gasteiger partial charge in [-0.15, -0.1) is 0 Å². The predicted octanol–water partition coefficient (Wildman–Crippen LogP) is 3.67. The lowest BCUT2D eigenvalue weighted by Crippen LogP contribution is -2.70. The molecule has 0 aromatic carbocycles. The van der Waals surface area contributed by atoms with Gasteiger partial charge in [0.05, 0.1) is 22.5 Å². The monoisotopic (exact) mass is 328 g/mol. The third-order valence-electron chi connectivity index (χ3n) is 5.05. The minimum Gasteiger partial charge on any atom is -0.246 e. The molecule has 5 rings (SSSR count). The van der Waals surface area contributed by atoms with Crippen LogP contribution in [0.25, 0.3) is 11.2 Å². The van der Waals surface area contributed by atoms with Crippen LogP contribution < -0.4 is 0 Å². The molecule has 3 saturated carbocycles. The molecule has 3 aliphatic carbocycles. The topological polar surface area (TPSA) is 51.6 Å². The fourth-order valence-electron chi connectivity index (χ4n) is 3.80. The first-order chi connectivity index (χ1) is 10.2. The van der Waals surface area contributed by atoms with Gasteiger partial charge in [-0.1, -0.05) is 0 Å². The second-order valence-corrected chi connectivity index (χ2v) is 6.83. The number of halogens is 4. The van der Waals surface area contributed by atoms with E-state index in [0.29, 0.717) is 16.9 Å². The van der Waals surface area contributed by atoms with Crippen molar-refractivity contribution in [1.82, 2.24) is 19.9 Å². The summed E-state index contributed by atoms with van der Waals surface area (Å²) in [6.07, 6.45) is -3.98. The van der Waals surface area contributed by atoms with Gasteiger partial charge in [-0.3, -0.25) is 0 Å². The summed E-state index contributed by atoms with van der Waals surface area (Å²) in [5.74, 6) is 0. The summed E-state index contributed by atoms with van der Waals surface area (Å²) in [5.41, 5.74) is 0.672. The average molecular weight is 329 g/mol. The first-order valence-electron chi connectivity index (χ1n) is 6.92. The quantitative estimate of drug-likeness (QED) is 0.749. The van der Waals surface area contributed by atoms with Crippen molar-refractivity contribution in [2.75, 3.05) is 0 Å². The number of aryl methyl sites for hydroxylation is 2. The normalized spacial score (nSPS) is 30.1. The zero-order valence-corrected chi connectivity index (χ0v) is 12.7. The van der Waals surface area contributed by atoms with Crippen LogP contribution in [0.15, 0.2) is 0 Å². The Balaban J connectivity index is 1.83. The Morgan fingerprint density at radius 3 is 2.14 bits per heavy atom. The lowest BCUT2D eigenvalue weighted by molar-refractivity contribution is -0.337. The smallest absolute Gasteiger partial charge is 0.246 e. The highest BCUT2D eigenvalue weighted by Crippen LogP contribution is 2.78. The molecule has 8 heteroatoms. The van der Waals surface area contributed by atoms with Gasteiger partial charge in [-0.2, -0.15) is 18.2 Å². The Hall–Kier alpha value is -1.50. The van der Waals surface area contributed by atoms with Crippen LogP contribution in [-0.4, -0.2) is 26.1 Å². The molecular weight excluding hydrogens is 317 g/mol. The predicted molar refractivity (Wildman–Crippen MR) is 73.6 cm³/mol. The van der Waals surface area contributed by atoms with E-state index in [4.69, 9.17) is 11.6 Å². The van der Waals surface area contributed by atoms with E-state index in [1.165, 1.54) is 0 Å². The van der Waals surface area contributed by atoms with Crippen LogP contribution in [0.1, 0.15) is 36.3 Å². The maximum Gasteiger partial charge on any atom is 0.394 e. The molecule has 2 bridgehead atoms. The largest absolute Gasteiger partial charge is 0.394 e. The second kappa shape index (κ2) is 3.88. The van der Waals surface area contributed by atoms with Crippen molar-refractivity contribution in [2.24, 2.45) is 5.41 Å². The first kappa shape index (κ1) is 14.1. The van der Waals surface area contributed by atoms with Crippen LogP contribution >= 0.6 is 11.6 Å². The summed E-state index contributed by atoms with van der Waals surface area (Å²) < 4.78 is 39.1. The second-order valence-electron chi connectivity index (χ2n) is 6.50. The van der Waals surface area contributed by atoms with E-state index >= 15 is 0 Å². The van der Waals surface area contributed by atoms with Gasteiger partial charge in [0, 0.05) is 5.41 Å². The van der Waals surface area contributed by atoms with Gasteiger partial charge in [-0.25, -0.2) is 15.0 Å². The Morgan fingerprint density at radius 1 is 0.955 bits per heavy atom. The van der Waals surface area contributed by atoms with Crippen LogP contribution in [0.4, 0.5) is 13.2 Å². The highest BCUT2D eigenvalue weighted by molar-refractivity contribution is 6.28. The molecule has 2 aromatic rings. The third-order valence-corrected chi connectivity index (χ3v) is 5.22. The van der Waals surface area contributed by atoms with Gasteiger partial charge in [0.1, 0.15) is 5.52 Å². The number of nitrogens with zero attached hydrogens (tertiary/aromatic N) is 4. The fourth-order valence-corrected chi connectivity index (χ4v) is 3.96. The minimum atomic E-state index is -4.15. The SMILES string of the molecule is Cc1nc2nc(Cl)nc(C34CC(C(F)(F)F)(C3)C4)c2nc1C. The lowest BCUT2D eigenvalue weighted by Gasteiger charge is -2.70. The molecule has 0 radical (unpaired) electrons. The zero-order chi connectivity index (χ0) is 15.9. The van der Waals surface area contributed by atoms with Crippen molar-refractivity contribution in [1.29, 1.82) is 0 Å². The van der Waals surface area contributed by atoms with E-state index in [9.17, 15) is 13.2 Å². The molecule has 0 N–H and O–H groups in total. The minimum absolute atomic E-state index is 0.00540. The van der Waals surface area contributed by atoms with Crippen molar-refractivity contribution < 1.29 is 13.2 Å². The highest BCUT2D eigenvalue weighted by atomic mass is 35.5. The molecule has 3 fully saturated rings. The van der Waals surface area contributed by atoms with Crippen molar-refractivity contribution in [3.05, 3.63) is 22.4 Å². The lowest BCUT2D eigenvalue weighted by atomic mass is 9.34. The van der Waals surface area contributed by atoms with Gasteiger partial charge in [0.25, 0.3) is 0 Å². The Morgan fingerprint density at radius 2 is 1.55 bits per heavy atom. The molecule has 0 atom stereocenters. The molecule has 0 unspecified atom stereocenters. The number of alkyl halides is 3. The van der Waals surface area contributed by atoms with Gasteiger partial charge >= 0.3 is 6.18 Å². The van der Waals surface area contributed by atoms with Crippen LogP contribution in [0.2, 0.25) is 5.28 Å². The summed E-state index contributed by atoms with van der Waals surface area (Å²) >= 11 is 5.93. The molecule has 2 heterocycles. The summed E-state index contributed by atoms with van der Waals surface area (Å²) in [7, 11) is 0. The summed E-state index contributed by atoms with van der Waals surface area (Å²) in [6, 6.07) is 0. The molecule has 116 valence electrons. The molecule has 0 spiro atoms. The van der Waals surface area contributed by atoms with Gasteiger partial charge in [-0.05, 0) is 44.7 Å². The standard InChI is InChI=1S/C14H12ClF3N4/c1-6-7(2)20-10-8(19-6)9(21-11(15)22-10)12-3-13(4-12,5-12)14(16,17)18/h3-5H2,1-2H3. The number of aromatic nitrogens is 4. The average Bonchev–Trinajstić information content (AvgIpc) is 2.26. The molecule has 22 heavy (non-hydrogen) atoms. The van der Waals surface area contributed by atoms with Gasteiger partial charge in [0.15, 0.2) is 5.65 Å². The van der Waals surface area contributed by atoms with Crippen LogP contribution in [0.3, 0.4) is 0 Å². The van der Waals surface area contributed by atoms with Crippen LogP contribution in [-0.2, 0) is 5.41 Å². The van der Waals surface area contributed by atoms with E-state index in [0.717, 1.165) is 11.4 Å². The highest BCUT2D eigenvalue weighted by Gasteiger charge is 2.79. The maximum atomic E-state index is 13.0. The molecule has 0 saturated heterocycles. The molecule has 2 aromatic heterocycles. The third kappa shape index (κ3) is 1.60. The van der Waals surface area contributed by atoms with E-state index in [-0.39, 0.29) is 24.5 Å². The number of hydrogen-bond acceptors (Lipinski definition) is 4. The molecular formula is C14H12ClF3N4. The first-order valence-corrected chi connectivity index (χ1v) is 7.29. The van der Waals surface area contributed by atoms with Gasteiger partial charge in [0.2, 0.25) is 5.28 Å². The van der Waals surface area contributed by atoms with Crippen molar-refractivity contribution in [3.8, 4) is 0 Å². The summed E-state index contributed by atoms with van der Waals surface area (Å²) in [4.78, 5) is 17.0. The Labute approximate surface area is 129 Å². The molecule has 0 amide bonds. The Kier molecular flexibility index (Phi) is 2.49. The molecule has 0 aliphatic heterocycles. The molecule has 3 aliphatic rings. The van der Waals surface area contributed by atoms with Crippen molar-refractivity contribution in [3.63, 3.8) is 0 Å². The number of rotatable bonds is 1. The van der Waals surface area contributed by atoms with Gasteiger partial charge < -0.3 is 0 Å². The van der Waals surface area contributed by atoms with E-state index in [2.05, 4.69) is 19.9 Å². The van der Waals surface area contributed by atoms with E-state index < -0.39 is 17.0 Å². The fraction of sp³-hybridized carbons (Fsp3) is 0.571. The summed E-state index contributed by atoms with van der Waals surface area (Å²) in [6.45, 7) is 3.61. The number of hydrogen-bond donors (Lipinski definition) is 0. The zero-order valence-electron chi connectivity index (χ0n) is 11.9.